The van der Waals surface area contributed by atoms with E-state index in [0.29, 0.717) is 5.01 Å². The van der Waals surface area contributed by atoms with E-state index in [9.17, 15) is 8.42 Å². The van der Waals surface area contributed by atoms with E-state index in [1.165, 1.54) is 17.5 Å². The number of nitrogens with two attached hydrogens (primary N) is 1. The molecule has 2 rings (SSSR count). The van der Waals surface area contributed by atoms with Crippen LogP contribution in [0.2, 0.25) is 0 Å². The van der Waals surface area contributed by atoms with Crippen LogP contribution in [0.4, 0.5) is 0 Å². The zero-order valence-electron chi connectivity index (χ0n) is 6.88. The largest absolute Gasteiger partial charge is 0.249 e. The maximum absolute atomic E-state index is 11.0. The number of hydrogen-bond donors (Lipinski definition) is 1. The van der Waals surface area contributed by atoms with Gasteiger partial charge in [-0.2, -0.15) is 0 Å². The van der Waals surface area contributed by atoms with E-state index in [2.05, 4.69) is 4.98 Å². The van der Waals surface area contributed by atoms with Gasteiger partial charge in [-0.25, -0.2) is 18.5 Å². The Kier molecular flexibility index (Phi) is 2.40. The van der Waals surface area contributed by atoms with Crippen molar-refractivity contribution in [2.45, 2.75) is 4.21 Å². The molecule has 0 saturated heterocycles. The summed E-state index contributed by atoms with van der Waals surface area (Å²) in [6.45, 7) is 0. The molecule has 2 aromatic heterocycles. The molecule has 0 amide bonds. The first-order chi connectivity index (χ1) is 6.57. The van der Waals surface area contributed by atoms with Crippen molar-refractivity contribution in [1.82, 2.24) is 4.98 Å². The Morgan fingerprint density at radius 3 is 2.71 bits per heavy atom. The van der Waals surface area contributed by atoms with Crippen molar-refractivity contribution in [3.63, 3.8) is 0 Å². The van der Waals surface area contributed by atoms with Crippen LogP contribution in [0.1, 0.15) is 0 Å². The summed E-state index contributed by atoms with van der Waals surface area (Å²) in [4.78, 5) is 4.94. The molecule has 0 fully saturated rings. The molecule has 74 valence electrons. The van der Waals surface area contributed by atoms with Gasteiger partial charge >= 0.3 is 0 Å². The van der Waals surface area contributed by atoms with Crippen LogP contribution in [0.25, 0.3) is 9.88 Å². The minimum absolute atomic E-state index is 0.0981. The molecule has 7 heteroatoms. The second-order valence-corrected chi connectivity index (χ2v) is 6.27. The number of thiophene rings is 1. The van der Waals surface area contributed by atoms with Gasteiger partial charge in [0.15, 0.2) is 4.21 Å². The van der Waals surface area contributed by atoms with Crippen LogP contribution in [0, 0.1) is 0 Å². The molecule has 0 radical (unpaired) electrons. The fourth-order valence-electron chi connectivity index (χ4n) is 0.905. The topological polar surface area (TPSA) is 73.1 Å². The Balaban J connectivity index is 2.46. The highest BCUT2D eigenvalue weighted by molar-refractivity contribution is 7.91. The van der Waals surface area contributed by atoms with Crippen LogP contribution in [-0.2, 0) is 10.0 Å². The van der Waals surface area contributed by atoms with E-state index in [1.54, 1.807) is 0 Å². The van der Waals surface area contributed by atoms with Crippen molar-refractivity contribution in [3.05, 3.63) is 23.7 Å². The summed E-state index contributed by atoms with van der Waals surface area (Å²) in [5.41, 5.74) is 0. The minimum Gasteiger partial charge on any atom is -0.242 e. The summed E-state index contributed by atoms with van der Waals surface area (Å²) in [5, 5.41) is 7.56. The van der Waals surface area contributed by atoms with E-state index in [1.807, 2.05) is 17.5 Å². The van der Waals surface area contributed by atoms with Gasteiger partial charge in [-0.1, -0.05) is 17.4 Å². The van der Waals surface area contributed by atoms with Gasteiger partial charge in [0, 0.05) is 0 Å². The predicted molar refractivity (Wildman–Crippen MR) is 56.8 cm³/mol. The normalized spacial score (nSPS) is 11.8. The van der Waals surface area contributed by atoms with Crippen LogP contribution in [0.15, 0.2) is 27.9 Å². The maximum atomic E-state index is 11.0. The fraction of sp³-hybridized carbons (Fsp3) is 0. The van der Waals surface area contributed by atoms with Crippen LogP contribution in [0.3, 0.4) is 0 Å². The Morgan fingerprint density at radius 2 is 2.21 bits per heavy atom. The highest BCUT2D eigenvalue weighted by Gasteiger charge is 2.13. The van der Waals surface area contributed by atoms with E-state index in [0.717, 1.165) is 16.2 Å². The summed E-state index contributed by atoms with van der Waals surface area (Å²) in [5.74, 6) is 0. The van der Waals surface area contributed by atoms with Crippen molar-refractivity contribution < 1.29 is 8.42 Å². The second kappa shape index (κ2) is 3.43. The molecule has 2 aromatic rings. The van der Waals surface area contributed by atoms with Crippen LogP contribution in [0.5, 0.6) is 0 Å². The van der Waals surface area contributed by atoms with Gasteiger partial charge in [0.2, 0.25) is 10.0 Å². The van der Waals surface area contributed by atoms with Gasteiger partial charge in [-0.15, -0.1) is 11.3 Å². The van der Waals surface area contributed by atoms with Gasteiger partial charge in [-0.05, 0) is 11.4 Å². The van der Waals surface area contributed by atoms with Crippen molar-refractivity contribution >= 4 is 32.7 Å². The van der Waals surface area contributed by atoms with E-state index in [4.69, 9.17) is 5.14 Å². The van der Waals surface area contributed by atoms with Crippen LogP contribution in [-0.4, -0.2) is 13.4 Å². The first-order valence-electron chi connectivity index (χ1n) is 3.60. The standard InChI is InChI=1S/C7H6N2O2S3/c8-14(10,11)6-4-9-7(13-6)5-2-1-3-12-5/h1-4H,(H2,8,10,11). The van der Waals surface area contributed by atoms with Gasteiger partial charge in [0.1, 0.15) is 5.01 Å². The first kappa shape index (κ1) is 9.78. The number of rotatable bonds is 2. The lowest BCUT2D eigenvalue weighted by molar-refractivity contribution is 0.599. The third kappa shape index (κ3) is 1.85. The molecule has 0 unspecified atom stereocenters. The van der Waals surface area contributed by atoms with Crippen LogP contribution < -0.4 is 5.14 Å². The van der Waals surface area contributed by atoms with E-state index < -0.39 is 10.0 Å². The molecule has 0 atom stereocenters. The molecule has 4 nitrogen and oxygen atoms in total. The second-order valence-electron chi connectivity index (χ2n) is 2.51. The lowest BCUT2D eigenvalue weighted by Gasteiger charge is -1.88. The molecular formula is C7H6N2O2S3. The van der Waals surface area contributed by atoms with E-state index in [-0.39, 0.29) is 4.21 Å². The monoisotopic (exact) mass is 246 g/mol. The summed E-state index contributed by atoms with van der Waals surface area (Å²) in [7, 11) is -3.61. The molecule has 0 saturated carbocycles. The van der Waals surface area contributed by atoms with Gasteiger partial charge < -0.3 is 0 Å². The molecule has 0 spiro atoms. The average molecular weight is 246 g/mol. The Bertz CT molecular complexity index is 527. The highest BCUT2D eigenvalue weighted by atomic mass is 32.2. The molecule has 0 aliphatic heterocycles. The smallest absolute Gasteiger partial charge is 0.242 e. The summed E-state index contributed by atoms with van der Waals surface area (Å²) in [6.07, 6.45) is 1.29. The Morgan fingerprint density at radius 1 is 1.43 bits per heavy atom. The predicted octanol–water partition coefficient (Wildman–Crippen LogP) is 1.52. The maximum Gasteiger partial charge on any atom is 0.249 e. The molecule has 0 aliphatic rings. The lowest BCUT2D eigenvalue weighted by Crippen LogP contribution is -2.09. The zero-order valence-corrected chi connectivity index (χ0v) is 9.32. The van der Waals surface area contributed by atoms with Crippen molar-refractivity contribution in [2.75, 3.05) is 0 Å². The quantitative estimate of drug-likeness (QED) is 0.873. The molecule has 0 aliphatic carbocycles. The number of thiazole rings is 1. The van der Waals surface area contributed by atoms with Crippen molar-refractivity contribution in [3.8, 4) is 9.88 Å². The third-order valence-electron chi connectivity index (χ3n) is 1.50. The highest BCUT2D eigenvalue weighted by Crippen LogP contribution is 2.30. The number of hydrogen-bond acceptors (Lipinski definition) is 5. The third-order valence-corrected chi connectivity index (χ3v) is 4.94. The molecule has 14 heavy (non-hydrogen) atoms. The fourth-order valence-corrected chi connectivity index (χ4v) is 3.26. The molecule has 2 heterocycles. The number of aromatic nitrogens is 1. The first-order valence-corrected chi connectivity index (χ1v) is 6.84. The number of nitrogens with zero attached hydrogens (tertiary/aromatic N) is 1. The Labute approximate surface area is 89.1 Å². The van der Waals surface area contributed by atoms with Crippen molar-refractivity contribution in [1.29, 1.82) is 0 Å². The van der Waals surface area contributed by atoms with E-state index >= 15 is 0 Å². The van der Waals surface area contributed by atoms with Gasteiger partial charge in [0.25, 0.3) is 0 Å². The molecule has 2 N–H and O–H groups in total. The zero-order chi connectivity index (χ0) is 10.2. The van der Waals surface area contributed by atoms with Crippen LogP contribution >= 0.6 is 22.7 Å². The summed E-state index contributed by atoms with van der Waals surface area (Å²) >= 11 is 2.60. The lowest BCUT2D eigenvalue weighted by atomic mass is 10.5. The summed E-state index contributed by atoms with van der Waals surface area (Å²) < 4.78 is 22.0. The molecule has 0 aromatic carbocycles. The van der Waals surface area contributed by atoms with Gasteiger partial charge in [0.05, 0.1) is 11.1 Å². The number of primary sulfonamides is 1. The summed E-state index contributed by atoms with van der Waals surface area (Å²) in [6, 6.07) is 3.77. The molecular weight excluding hydrogens is 240 g/mol. The molecule has 0 bridgehead atoms. The average Bonchev–Trinajstić information content (AvgIpc) is 2.73. The van der Waals surface area contributed by atoms with Crippen molar-refractivity contribution in [2.24, 2.45) is 5.14 Å². The SMILES string of the molecule is NS(=O)(=O)c1cnc(-c2cccs2)s1. The van der Waals surface area contributed by atoms with Gasteiger partial charge in [-0.3, -0.25) is 0 Å². The Hall–Kier alpha value is -0.760. The minimum atomic E-state index is -3.61. The number of sulfonamides is 1.